The molecule has 0 radical (unpaired) electrons. The Labute approximate surface area is 133 Å². The van der Waals surface area contributed by atoms with E-state index in [1.807, 2.05) is 0 Å². The second-order valence-electron chi connectivity index (χ2n) is 3.44. The molecule has 0 bridgehead atoms. The minimum absolute atomic E-state index is 0. The van der Waals surface area contributed by atoms with Crippen molar-refractivity contribution in [1.29, 1.82) is 0 Å². The third kappa shape index (κ3) is 12.5. The van der Waals surface area contributed by atoms with E-state index in [1.165, 1.54) is 35.4 Å². The predicted molar refractivity (Wildman–Crippen MR) is 64.0 cm³/mol. The van der Waals surface area contributed by atoms with E-state index < -0.39 is 0 Å². The quantitative estimate of drug-likeness (QED) is 0.429. The monoisotopic (exact) mass is 346 g/mol. The van der Waals surface area contributed by atoms with Crippen molar-refractivity contribution >= 4 is 4.21 Å². The van der Waals surface area contributed by atoms with Gasteiger partial charge in [-0.2, -0.15) is 12.2 Å². The van der Waals surface area contributed by atoms with E-state index in [2.05, 4.69) is 61.4 Å². The molecular weight excluding hydrogens is 330 g/mol. The number of hydrogen-bond acceptors (Lipinski definition) is 0. The van der Waals surface area contributed by atoms with Crippen molar-refractivity contribution in [2.75, 3.05) is 0 Å². The van der Waals surface area contributed by atoms with Crippen molar-refractivity contribution in [3.05, 3.63) is 47.6 Å². The number of halogens is 2. The van der Waals surface area contributed by atoms with Crippen LogP contribution in [-0.4, -0.2) is 4.21 Å². The number of hydrogen-bond donors (Lipinski definition) is 0. The molecule has 0 N–H and O–H groups in total. The van der Waals surface area contributed by atoms with E-state index in [0.29, 0.717) is 5.92 Å². The van der Waals surface area contributed by atoms with Gasteiger partial charge in [0.05, 0.1) is 0 Å². The van der Waals surface area contributed by atoms with E-state index >= 15 is 0 Å². The van der Waals surface area contributed by atoms with Crippen LogP contribution in [0, 0.1) is 18.1 Å². The van der Waals surface area contributed by atoms with E-state index in [4.69, 9.17) is 0 Å². The van der Waals surface area contributed by atoms with Crippen molar-refractivity contribution in [3.63, 3.8) is 0 Å². The van der Waals surface area contributed by atoms with Gasteiger partial charge in [-0.05, 0) is 0 Å². The molecule has 1 unspecified atom stereocenters. The Bertz CT molecular complexity index is 299. The molecule has 0 aliphatic heterocycles. The molecule has 2 aliphatic carbocycles. The Hall–Kier alpha value is 0.293. The largest absolute Gasteiger partial charge is 1.00 e. The van der Waals surface area contributed by atoms with Crippen LogP contribution in [-0.2, 0) is 24.2 Å². The average molecular weight is 348 g/mol. The molecule has 0 nitrogen and oxygen atoms in total. The standard InChI is InChI=1S/C7H9.C6H7.CH2.2ClH.Zr/c1-6-3-4-7(2)5-6;1-6-4-2-3-5-6;;;;/h3-4,6H,1-2H3;2,4H,3H2,1H3;1H2;2*1H;/q2*-1;;;;+2/p-2. The molecule has 2 rings (SSSR count). The van der Waals surface area contributed by atoms with Crippen molar-refractivity contribution in [3.8, 4) is 0 Å². The first-order valence-electron chi connectivity index (χ1n) is 5.06. The zero-order chi connectivity index (χ0) is 11.7. The first-order chi connectivity index (χ1) is 7.18. The Balaban J connectivity index is -0.000000184. The Kier molecular flexibility index (Phi) is 19.0. The van der Waals surface area contributed by atoms with E-state index in [1.54, 1.807) is 0 Å². The maximum atomic E-state index is 3.34. The van der Waals surface area contributed by atoms with Gasteiger partial charge in [-0.1, -0.05) is 26.7 Å². The van der Waals surface area contributed by atoms with Crippen LogP contribution < -0.4 is 24.8 Å². The molecule has 0 fully saturated rings. The summed E-state index contributed by atoms with van der Waals surface area (Å²) in [7, 11) is 0. The zero-order valence-electron chi connectivity index (χ0n) is 10.6. The predicted octanol–water partition coefficient (Wildman–Crippen LogP) is -2.39. The van der Waals surface area contributed by atoms with Crippen molar-refractivity contribution in [2.45, 2.75) is 27.2 Å². The third-order valence-electron chi connectivity index (χ3n) is 1.96. The third-order valence-corrected chi connectivity index (χ3v) is 1.96. The Morgan fingerprint density at radius 3 is 1.88 bits per heavy atom. The molecule has 2 aliphatic rings. The fraction of sp³-hybridized carbons (Fsp3) is 0.357. The topological polar surface area (TPSA) is 0 Å². The van der Waals surface area contributed by atoms with E-state index in [0.717, 1.165) is 6.42 Å². The normalized spacial score (nSPS) is 18.5. The van der Waals surface area contributed by atoms with Gasteiger partial charge < -0.3 is 24.8 Å². The summed E-state index contributed by atoms with van der Waals surface area (Å²) in [5.41, 5.74) is 2.54. The fourth-order valence-corrected chi connectivity index (χ4v) is 1.26. The molecule has 0 amide bonds. The van der Waals surface area contributed by atoms with Crippen LogP contribution in [0.5, 0.6) is 0 Å². The van der Waals surface area contributed by atoms with E-state index in [9.17, 15) is 0 Å². The molecule has 0 heterocycles. The van der Waals surface area contributed by atoms with Gasteiger partial charge in [-0.25, -0.2) is 23.3 Å². The van der Waals surface area contributed by atoms with Gasteiger partial charge in [0.15, 0.2) is 0 Å². The average Bonchev–Trinajstić information content (AvgIpc) is 2.82. The first-order valence-corrected chi connectivity index (χ1v) is 6.80. The molecule has 0 saturated heterocycles. The van der Waals surface area contributed by atoms with Crippen LogP contribution in [0.1, 0.15) is 27.2 Å². The molecule has 0 aromatic rings. The van der Waals surface area contributed by atoms with Gasteiger partial charge >= 0.3 is 28.4 Å². The molecule has 17 heavy (non-hydrogen) atoms. The summed E-state index contributed by atoms with van der Waals surface area (Å²) in [6, 6.07) is 0. The van der Waals surface area contributed by atoms with Crippen molar-refractivity contribution in [2.24, 2.45) is 5.92 Å². The maximum absolute atomic E-state index is 3.34. The fourth-order valence-electron chi connectivity index (χ4n) is 1.26. The number of allylic oxidation sites excluding steroid dienone is 8. The van der Waals surface area contributed by atoms with Gasteiger partial charge in [0.1, 0.15) is 0 Å². The van der Waals surface area contributed by atoms with Crippen LogP contribution in [0.15, 0.2) is 35.5 Å². The molecule has 0 aromatic heterocycles. The first kappa shape index (κ1) is 22.5. The SMILES string of the molecule is CC1=[C-]C(C)C=C1.CC1=[C-]CC=C1.[CH2]=[Zr+2].[Cl-].[Cl-]. The molecule has 94 valence electrons. The summed E-state index contributed by atoms with van der Waals surface area (Å²) >= 11 is 1.30. The van der Waals surface area contributed by atoms with Crippen molar-refractivity contribution < 1.29 is 49.0 Å². The molecule has 3 heteroatoms. The summed E-state index contributed by atoms with van der Waals surface area (Å²) in [4.78, 5) is 0. The van der Waals surface area contributed by atoms with Crippen LogP contribution >= 0.6 is 0 Å². The maximum Gasteiger partial charge on any atom is -1.00 e. The molecule has 0 spiro atoms. The second-order valence-corrected chi connectivity index (χ2v) is 3.44. The van der Waals surface area contributed by atoms with Gasteiger partial charge in [-0.15, -0.1) is 6.42 Å². The summed E-state index contributed by atoms with van der Waals surface area (Å²) in [6.45, 7) is 6.26. The number of rotatable bonds is 0. The Morgan fingerprint density at radius 2 is 1.76 bits per heavy atom. The molecular formula is C14H18Cl2Zr-2. The summed E-state index contributed by atoms with van der Waals surface area (Å²) < 4.78 is 3.34. The minimum atomic E-state index is 0. The molecule has 1 atom stereocenters. The van der Waals surface area contributed by atoms with Gasteiger partial charge in [-0.3, -0.25) is 12.2 Å². The summed E-state index contributed by atoms with van der Waals surface area (Å²) in [5.74, 6) is 0.556. The summed E-state index contributed by atoms with van der Waals surface area (Å²) in [6.07, 6.45) is 15.8. The smallest absolute Gasteiger partial charge is 1.00 e. The van der Waals surface area contributed by atoms with Crippen LogP contribution in [0.2, 0.25) is 0 Å². The second kappa shape index (κ2) is 14.4. The van der Waals surface area contributed by atoms with E-state index in [-0.39, 0.29) is 24.8 Å². The minimum Gasteiger partial charge on any atom is -1.00 e. The zero-order valence-corrected chi connectivity index (χ0v) is 14.5. The summed E-state index contributed by atoms with van der Waals surface area (Å²) in [5, 5.41) is 0. The van der Waals surface area contributed by atoms with Gasteiger partial charge in [0, 0.05) is 0 Å². The molecule has 0 saturated carbocycles. The van der Waals surface area contributed by atoms with Gasteiger partial charge in [0.2, 0.25) is 0 Å². The van der Waals surface area contributed by atoms with Gasteiger partial charge in [0.25, 0.3) is 0 Å². The van der Waals surface area contributed by atoms with Crippen LogP contribution in [0.3, 0.4) is 0 Å². The Morgan fingerprint density at radius 1 is 1.18 bits per heavy atom. The van der Waals surface area contributed by atoms with Crippen LogP contribution in [0.25, 0.3) is 0 Å². The molecule has 0 aromatic carbocycles. The van der Waals surface area contributed by atoms with Crippen molar-refractivity contribution in [1.82, 2.24) is 0 Å². The van der Waals surface area contributed by atoms with Crippen LogP contribution in [0.4, 0.5) is 0 Å².